The van der Waals surface area contributed by atoms with Crippen LogP contribution in [0.2, 0.25) is 0 Å². The molecule has 2 aliphatic heterocycles. The highest BCUT2D eigenvalue weighted by atomic mass is 16.7. The Bertz CT molecular complexity index is 557. The smallest absolute Gasteiger partial charge is 0.246 e. The lowest BCUT2D eigenvalue weighted by Gasteiger charge is -2.16. The Morgan fingerprint density at radius 2 is 1.10 bits per heavy atom. The normalized spacial score (nSPS) is 16.3. The van der Waals surface area contributed by atoms with E-state index in [9.17, 15) is 0 Å². The first-order valence-corrected chi connectivity index (χ1v) is 6.46. The first-order valence-electron chi connectivity index (χ1n) is 6.46. The summed E-state index contributed by atoms with van der Waals surface area (Å²) >= 11 is 0. The molecule has 0 unspecified atom stereocenters. The minimum atomic E-state index is -0.496. The second kappa shape index (κ2) is 4.96. The van der Waals surface area contributed by atoms with Crippen molar-refractivity contribution < 1.29 is 18.9 Å². The number of hydrogen-bond acceptors (Lipinski definition) is 4. The Morgan fingerprint density at radius 3 is 1.55 bits per heavy atom. The predicted molar refractivity (Wildman–Crippen MR) is 74.3 cm³/mol. The van der Waals surface area contributed by atoms with Gasteiger partial charge in [-0.15, -0.1) is 0 Å². The first-order chi connectivity index (χ1) is 9.64. The summed E-state index contributed by atoms with van der Waals surface area (Å²) in [5.41, 5.74) is 0. The van der Waals surface area contributed by atoms with Crippen LogP contribution >= 0.6 is 0 Å². The molecule has 0 atom stereocenters. The van der Waals surface area contributed by atoms with Crippen molar-refractivity contribution in [1.29, 1.82) is 0 Å². The zero-order chi connectivity index (χ0) is 14.0. The van der Waals surface area contributed by atoms with Crippen LogP contribution in [0.15, 0.2) is 48.5 Å². The topological polar surface area (TPSA) is 36.9 Å². The maximum atomic E-state index is 5.47. The summed E-state index contributed by atoms with van der Waals surface area (Å²) in [7, 11) is 0. The number of hydrogen-bond donors (Lipinski definition) is 0. The predicted octanol–water partition coefficient (Wildman–Crippen LogP) is 3.61. The fourth-order valence-electron chi connectivity index (χ4n) is 2.01. The van der Waals surface area contributed by atoms with Crippen LogP contribution in [0.3, 0.4) is 0 Å². The van der Waals surface area contributed by atoms with Gasteiger partial charge in [-0.25, -0.2) is 0 Å². The number of fused-ring (bicyclic) bond motifs is 2. The summed E-state index contributed by atoms with van der Waals surface area (Å²) < 4.78 is 21.1. The molecule has 4 heteroatoms. The van der Waals surface area contributed by atoms with Crippen molar-refractivity contribution in [3.05, 3.63) is 48.5 Å². The van der Waals surface area contributed by atoms with E-state index in [0.717, 1.165) is 23.0 Å². The Labute approximate surface area is 117 Å². The summed E-state index contributed by atoms with van der Waals surface area (Å²) in [6, 6.07) is 15.3. The van der Waals surface area contributed by atoms with Crippen LogP contribution in [-0.4, -0.2) is 12.6 Å². The van der Waals surface area contributed by atoms with Crippen molar-refractivity contribution >= 4 is 0 Å². The van der Waals surface area contributed by atoms with Crippen LogP contribution in [0.4, 0.5) is 0 Å². The molecule has 0 spiro atoms. The molecule has 0 N–H and O–H groups in total. The highest BCUT2D eigenvalue weighted by molar-refractivity contribution is 5.42. The molecule has 2 aliphatic rings. The van der Waals surface area contributed by atoms with Crippen molar-refractivity contribution in [2.45, 2.75) is 19.6 Å². The van der Waals surface area contributed by atoms with E-state index in [1.54, 1.807) is 0 Å². The van der Waals surface area contributed by atoms with Crippen molar-refractivity contribution in [3.8, 4) is 23.0 Å². The van der Waals surface area contributed by atoms with E-state index in [1.807, 2.05) is 62.4 Å². The maximum absolute atomic E-state index is 5.47. The second-order valence-corrected chi connectivity index (χ2v) is 4.90. The Kier molecular flexibility index (Phi) is 3.14. The van der Waals surface area contributed by atoms with Crippen LogP contribution in [0.5, 0.6) is 23.0 Å². The van der Waals surface area contributed by atoms with Gasteiger partial charge in [0.1, 0.15) is 0 Å². The largest absolute Gasteiger partial charge is 0.454 e. The van der Waals surface area contributed by atoms with Gasteiger partial charge < -0.3 is 18.9 Å². The van der Waals surface area contributed by atoms with Crippen LogP contribution in [0.1, 0.15) is 13.8 Å². The summed E-state index contributed by atoms with van der Waals surface area (Å²) in [6.07, 6.45) is 0. The number of para-hydroxylation sites is 4. The molecule has 4 nitrogen and oxygen atoms in total. The lowest BCUT2D eigenvalue weighted by atomic mass is 10.3. The third kappa shape index (κ3) is 2.64. The molecule has 4 rings (SSSR count). The molecular weight excluding hydrogens is 256 g/mol. The van der Waals surface area contributed by atoms with Crippen LogP contribution in [0.25, 0.3) is 0 Å². The molecule has 0 bridgehead atoms. The van der Waals surface area contributed by atoms with E-state index in [4.69, 9.17) is 18.9 Å². The molecule has 0 saturated heterocycles. The maximum Gasteiger partial charge on any atom is 0.246 e. The Balaban J connectivity index is 0.000000123. The summed E-state index contributed by atoms with van der Waals surface area (Å²) in [5.74, 6) is 2.86. The lowest BCUT2D eigenvalue weighted by Crippen LogP contribution is -2.29. The second-order valence-electron chi connectivity index (χ2n) is 4.90. The average molecular weight is 272 g/mol. The van der Waals surface area contributed by atoms with Gasteiger partial charge in [0.15, 0.2) is 23.0 Å². The molecule has 0 saturated carbocycles. The van der Waals surface area contributed by atoms with Gasteiger partial charge in [-0.05, 0) is 24.3 Å². The van der Waals surface area contributed by atoms with E-state index in [2.05, 4.69) is 0 Å². The van der Waals surface area contributed by atoms with Gasteiger partial charge in [0.2, 0.25) is 12.6 Å². The van der Waals surface area contributed by atoms with Crippen LogP contribution in [-0.2, 0) is 0 Å². The SMILES string of the molecule is CC1(C)Oc2ccccc2O1.c1ccc2c(c1)OCO2. The summed E-state index contributed by atoms with van der Waals surface area (Å²) in [4.78, 5) is 0. The van der Waals surface area contributed by atoms with Gasteiger partial charge >= 0.3 is 0 Å². The van der Waals surface area contributed by atoms with E-state index in [0.29, 0.717) is 6.79 Å². The minimum Gasteiger partial charge on any atom is -0.454 e. The highest BCUT2D eigenvalue weighted by Gasteiger charge is 2.30. The number of benzene rings is 2. The molecule has 2 aromatic rings. The molecular formula is C16H16O4. The molecule has 0 amide bonds. The molecule has 0 radical (unpaired) electrons. The van der Waals surface area contributed by atoms with Gasteiger partial charge in [0.05, 0.1) is 0 Å². The number of rotatable bonds is 0. The van der Waals surface area contributed by atoms with Gasteiger partial charge in [-0.1, -0.05) is 24.3 Å². The van der Waals surface area contributed by atoms with Gasteiger partial charge in [0, 0.05) is 13.8 Å². The van der Waals surface area contributed by atoms with Crippen molar-refractivity contribution in [1.82, 2.24) is 0 Å². The first kappa shape index (κ1) is 12.7. The highest BCUT2D eigenvalue weighted by Crippen LogP contribution is 2.38. The molecule has 0 fully saturated rings. The van der Waals surface area contributed by atoms with E-state index in [1.165, 1.54) is 0 Å². The summed E-state index contributed by atoms with van der Waals surface area (Å²) in [6.45, 7) is 4.15. The minimum absolute atomic E-state index is 0.360. The molecule has 0 aromatic heterocycles. The molecule has 20 heavy (non-hydrogen) atoms. The van der Waals surface area contributed by atoms with Gasteiger partial charge in [0.25, 0.3) is 0 Å². The molecule has 104 valence electrons. The van der Waals surface area contributed by atoms with Gasteiger partial charge in [-0.3, -0.25) is 0 Å². The van der Waals surface area contributed by atoms with E-state index < -0.39 is 5.79 Å². The lowest BCUT2D eigenvalue weighted by molar-refractivity contribution is -0.0431. The van der Waals surface area contributed by atoms with Crippen LogP contribution < -0.4 is 18.9 Å². The van der Waals surface area contributed by atoms with Gasteiger partial charge in [-0.2, -0.15) is 0 Å². The average Bonchev–Trinajstić information content (AvgIpc) is 3.00. The van der Waals surface area contributed by atoms with E-state index >= 15 is 0 Å². The van der Waals surface area contributed by atoms with Crippen molar-refractivity contribution in [2.24, 2.45) is 0 Å². The summed E-state index contributed by atoms with van der Waals surface area (Å²) in [5, 5.41) is 0. The number of ether oxygens (including phenoxy) is 4. The third-order valence-electron chi connectivity index (χ3n) is 2.84. The molecule has 2 aromatic carbocycles. The molecule has 0 aliphatic carbocycles. The van der Waals surface area contributed by atoms with Crippen molar-refractivity contribution in [3.63, 3.8) is 0 Å². The Morgan fingerprint density at radius 1 is 0.700 bits per heavy atom. The van der Waals surface area contributed by atoms with Crippen molar-refractivity contribution in [2.75, 3.05) is 6.79 Å². The third-order valence-corrected chi connectivity index (χ3v) is 2.84. The molecule has 2 heterocycles. The zero-order valence-corrected chi connectivity index (χ0v) is 11.5. The quantitative estimate of drug-likeness (QED) is 0.734. The van der Waals surface area contributed by atoms with Crippen LogP contribution in [0, 0.1) is 0 Å². The van der Waals surface area contributed by atoms with E-state index in [-0.39, 0.29) is 0 Å². The standard InChI is InChI=1S/C9H10O2.C7H6O2/c1-9(2)10-7-5-3-4-6-8(7)11-9;1-2-4-7-6(3-1)8-5-9-7/h3-6H,1-2H3;1-4H,5H2. The fourth-order valence-corrected chi connectivity index (χ4v) is 2.01. The monoisotopic (exact) mass is 272 g/mol. The Hall–Kier alpha value is -2.36. The zero-order valence-electron chi connectivity index (χ0n) is 11.5. The fraction of sp³-hybridized carbons (Fsp3) is 0.250.